The van der Waals surface area contributed by atoms with Crippen molar-refractivity contribution >= 4 is 29.4 Å². The van der Waals surface area contributed by atoms with Crippen LogP contribution in [0.4, 0.5) is 5.82 Å². The van der Waals surface area contributed by atoms with E-state index >= 15 is 0 Å². The molecule has 2 atom stereocenters. The topological polar surface area (TPSA) is 104 Å². The lowest BCUT2D eigenvalue weighted by atomic mass is 9.99. The molecule has 2 amide bonds. The molecule has 0 saturated carbocycles. The summed E-state index contributed by atoms with van der Waals surface area (Å²) < 4.78 is 24.2. The number of aromatic nitrogens is 2. The predicted molar refractivity (Wildman–Crippen MR) is 167 cm³/mol. The largest absolute Gasteiger partial charge is 0.497 e. The SMILES string of the molecule is COc1ccc(-n2nc(-c3ccccc3)c3c2N(CC(=O)NC[C@@H]2CCCO2)C(=O)CS[C@H]3c2ccc3c(c2)OCO3)cc1. The van der Waals surface area contributed by atoms with E-state index in [0.717, 1.165) is 40.9 Å². The van der Waals surface area contributed by atoms with E-state index in [-0.39, 0.29) is 42.3 Å². The lowest BCUT2D eigenvalue weighted by molar-refractivity contribution is -0.123. The summed E-state index contributed by atoms with van der Waals surface area (Å²) in [6.07, 6.45) is 1.89. The molecule has 3 aromatic carbocycles. The van der Waals surface area contributed by atoms with Crippen LogP contribution in [0.1, 0.15) is 29.2 Å². The molecular formula is C33H32N4O6S. The van der Waals surface area contributed by atoms with Crippen molar-refractivity contribution in [2.24, 2.45) is 0 Å². The van der Waals surface area contributed by atoms with Crippen LogP contribution in [0, 0.1) is 0 Å². The van der Waals surface area contributed by atoms with Crippen molar-refractivity contribution in [2.75, 3.05) is 44.3 Å². The molecule has 3 aliphatic heterocycles. The van der Waals surface area contributed by atoms with E-state index in [1.54, 1.807) is 16.7 Å². The minimum absolute atomic E-state index is 0.00481. The van der Waals surface area contributed by atoms with Gasteiger partial charge in [-0.05, 0) is 54.8 Å². The van der Waals surface area contributed by atoms with Gasteiger partial charge in [-0.2, -0.15) is 5.10 Å². The number of thioether (sulfide) groups is 1. The summed E-state index contributed by atoms with van der Waals surface area (Å²) in [6.45, 7) is 1.13. The lowest BCUT2D eigenvalue weighted by Gasteiger charge is -2.23. The molecule has 1 saturated heterocycles. The Morgan fingerprint density at radius 1 is 1.07 bits per heavy atom. The van der Waals surface area contributed by atoms with Gasteiger partial charge in [0.05, 0.1) is 35.6 Å². The van der Waals surface area contributed by atoms with E-state index in [2.05, 4.69) is 5.32 Å². The van der Waals surface area contributed by atoms with E-state index in [1.807, 2.05) is 72.8 Å². The third-order valence-corrected chi connectivity index (χ3v) is 9.26. The predicted octanol–water partition coefficient (Wildman–Crippen LogP) is 4.74. The molecule has 0 bridgehead atoms. The number of rotatable bonds is 8. The second-order valence-corrected chi connectivity index (χ2v) is 11.9. The highest BCUT2D eigenvalue weighted by atomic mass is 32.2. The molecule has 0 unspecified atom stereocenters. The van der Waals surface area contributed by atoms with Crippen molar-refractivity contribution in [1.82, 2.24) is 15.1 Å². The van der Waals surface area contributed by atoms with Crippen LogP contribution in [0.3, 0.4) is 0 Å². The van der Waals surface area contributed by atoms with Gasteiger partial charge in [0, 0.05) is 24.3 Å². The van der Waals surface area contributed by atoms with Gasteiger partial charge in [-0.1, -0.05) is 36.4 Å². The smallest absolute Gasteiger partial charge is 0.240 e. The van der Waals surface area contributed by atoms with Crippen molar-refractivity contribution in [2.45, 2.75) is 24.2 Å². The Kier molecular flexibility index (Phi) is 7.88. The van der Waals surface area contributed by atoms with Gasteiger partial charge in [0.2, 0.25) is 18.6 Å². The van der Waals surface area contributed by atoms with Crippen LogP contribution in [0.25, 0.3) is 16.9 Å². The normalized spacial score (nSPS) is 19.0. The average Bonchev–Trinajstić information content (AvgIpc) is 3.82. The van der Waals surface area contributed by atoms with Crippen LogP contribution >= 0.6 is 11.8 Å². The van der Waals surface area contributed by atoms with Crippen LogP contribution in [-0.2, 0) is 14.3 Å². The van der Waals surface area contributed by atoms with Crippen LogP contribution in [0.5, 0.6) is 17.2 Å². The molecule has 226 valence electrons. The quantitative estimate of drug-likeness (QED) is 0.304. The summed E-state index contributed by atoms with van der Waals surface area (Å²) >= 11 is 1.51. The number of nitrogens with zero attached hydrogens (tertiary/aromatic N) is 3. The standard InChI is InChI=1S/C33H32N4O6S/c1-40-24-12-10-23(11-13-24)37-33-30(31(35-37)21-6-3-2-4-7-21)32(22-9-14-26-27(16-22)43-20-42-26)44-19-29(39)36(33)18-28(38)34-17-25-8-5-15-41-25/h2-4,6-7,9-14,16,25,32H,5,8,15,17-20H2,1H3,(H,34,38)/t25-,32-/m0/s1. The number of carbonyl (C=O) groups excluding carboxylic acids is 2. The summed E-state index contributed by atoms with van der Waals surface area (Å²) in [6, 6.07) is 23.3. The summed E-state index contributed by atoms with van der Waals surface area (Å²) in [5, 5.41) is 7.84. The van der Waals surface area contributed by atoms with Gasteiger partial charge in [-0.3, -0.25) is 14.5 Å². The first-order valence-electron chi connectivity index (χ1n) is 14.6. The Bertz CT molecular complexity index is 1670. The first kappa shape index (κ1) is 28.3. The molecule has 10 nitrogen and oxygen atoms in total. The van der Waals surface area contributed by atoms with Gasteiger partial charge < -0.3 is 24.3 Å². The molecule has 1 fully saturated rings. The number of carbonyl (C=O) groups is 2. The van der Waals surface area contributed by atoms with Gasteiger partial charge in [-0.25, -0.2) is 4.68 Å². The fourth-order valence-electron chi connectivity index (χ4n) is 5.80. The zero-order valence-corrected chi connectivity index (χ0v) is 25.0. The second kappa shape index (κ2) is 12.3. The fourth-order valence-corrected chi connectivity index (χ4v) is 6.99. The van der Waals surface area contributed by atoms with Crippen LogP contribution in [0.2, 0.25) is 0 Å². The van der Waals surface area contributed by atoms with Crippen molar-refractivity contribution in [1.29, 1.82) is 0 Å². The van der Waals surface area contributed by atoms with Crippen LogP contribution in [0.15, 0.2) is 72.8 Å². The van der Waals surface area contributed by atoms with E-state index < -0.39 is 0 Å². The number of benzene rings is 3. The van der Waals surface area contributed by atoms with Gasteiger partial charge in [0.1, 0.15) is 18.1 Å². The number of nitrogens with one attached hydrogen (secondary N) is 1. The zero-order chi connectivity index (χ0) is 30.0. The molecule has 4 heterocycles. The maximum Gasteiger partial charge on any atom is 0.240 e. The molecule has 11 heteroatoms. The fraction of sp³-hybridized carbons (Fsp3) is 0.303. The molecule has 4 aromatic rings. The zero-order valence-electron chi connectivity index (χ0n) is 24.2. The lowest BCUT2D eigenvalue weighted by Crippen LogP contribution is -2.44. The van der Waals surface area contributed by atoms with Crippen molar-refractivity contribution in [3.63, 3.8) is 0 Å². The highest BCUT2D eigenvalue weighted by Crippen LogP contribution is 2.50. The minimum atomic E-state index is -0.286. The average molecular weight is 613 g/mol. The molecule has 44 heavy (non-hydrogen) atoms. The summed E-state index contributed by atoms with van der Waals surface area (Å²) in [4.78, 5) is 28.9. The molecule has 1 N–H and O–H groups in total. The van der Waals surface area contributed by atoms with Crippen molar-refractivity contribution in [3.05, 3.63) is 83.9 Å². The molecule has 0 aliphatic carbocycles. The number of methoxy groups -OCH3 is 1. The van der Waals surface area contributed by atoms with E-state index in [4.69, 9.17) is 24.0 Å². The Morgan fingerprint density at radius 3 is 2.66 bits per heavy atom. The first-order valence-corrected chi connectivity index (χ1v) is 15.7. The third-order valence-electron chi connectivity index (χ3n) is 8.01. The van der Waals surface area contributed by atoms with Crippen molar-refractivity contribution < 1.29 is 28.5 Å². The number of anilines is 1. The molecular weight excluding hydrogens is 580 g/mol. The Balaban J connectivity index is 1.38. The number of hydrogen-bond acceptors (Lipinski definition) is 8. The Labute approximate surface area is 259 Å². The Hall–Kier alpha value is -4.48. The maximum absolute atomic E-state index is 14.0. The highest BCUT2D eigenvalue weighted by Gasteiger charge is 2.38. The molecule has 0 radical (unpaired) electrons. The molecule has 3 aliphatic rings. The molecule has 7 rings (SSSR count). The third kappa shape index (κ3) is 5.48. The van der Waals surface area contributed by atoms with E-state index in [0.29, 0.717) is 36.2 Å². The highest BCUT2D eigenvalue weighted by molar-refractivity contribution is 8.00. The maximum atomic E-state index is 14.0. The van der Waals surface area contributed by atoms with Gasteiger partial charge in [-0.15, -0.1) is 11.8 Å². The molecule has 0 spiro atoms. The van der Waals surface area contributed by atoms with E-state index in [9.17, 15) is 9.59 Å². The monoisotopic (exact) mass is 612 g/mol. The molecule has 1 aromatic heterocycles. The summed E-state index contributed by atoms with van der Waals surface area (Å²) in [5.74, 6) is 2.34. The number of ether oxygens (including phenoxy) is 4. The first-order chi connectivity index (χ1) is 21.6. The second-order valence-electron chi connectivity index (χ2n) is 10.8. The number of amides is 2. The van der Waals surface area contributed by atoms with Gasteiger partial charge >= 0.3 is 0 Å². The number of hydrogen-bond donors (Lipinski definition) is 1. The summed E-state index contributed by atoms with van der Waals surface area (Å²) in [5.41, 5.74) is 4.15. The summed E-state index contributed by atoms with van der Waals surface area (Å²) in [7, 11) is 1.62. The van der Waals surface area contributed by atoms with Crippen LogP contribution < -0.4 is 24.4 Å². The van der Waals surface area contributed by atoms with E-state index in [1.165, 1.54) is 11.8 Å². The van der Waals surface area contributed by atoms with Gasteiger partial charge in [0.25, 0.3) is 0 Å². The Morgan fingerprint density at radius 2 is 1.89 bits per heavy atom. The van der Waals surface area contributed by atoms with Crippen LogP contribution in [-0.4, -0.2) is 67.1 Å². The minimum Gasteiger partial charge on any atom is -0.497 e. The van der Waals surface area contributed by atoms with Crippen molar-refractivity contribution in [3.8, 4) is 34.2 Å². The van der Waals surface area contributed by atoms with Gasteiger partial charge in [0.15, 0.2) is 11.5 Å². The number of fused-ring (bicyclic) bond motifs is 2.